The Kier molecular flexibility index (Phi) is 5.38. The quantitative estimate of drug-likeness (QED) is 0.431. The van der Waals surface area contributed by atoms with Crippen molar-refractivity contribution in [2.75, 3.05) is 6.61 Å². The number of rotatable bonds is 5. The number of ether oxygens (including phenoxy) is 1. The minimum Gasteiger partial charge on any atom is -0.507 e. The molecule has 0 amide bonds. The topological polar surface area (TPSA) is 66.8 Å². The second-order valence-electron chi connectivity index (χ2n) is 11.2. The van der Waals surface area contributed by atoms with Crippen LogP contribution in [0.3, 0.4) is 0 Å². The van der Waals surface area contributed by atoms with Crippen LogP contribution in [0.5, 0.6) is 11.5 Å². The Bertz CT molecular complexity index is 913. The largest absolute Gasteiger partial charge is 0.507 e. The summed E-state index contributed by atoms with van der Waals surface area (Å²) in [6.07, 6.45) is 11.5. The number of phenolic OH excluding ortho intramolecular Hbond substituents is 2. The minimum atomic E-state index is -0.296. The first-order chi connectivity index (χ1) is 15.2. The van der Waals surface area contributed by atoms with Gasteiger partial charge in [-0.15, -0.1) is 0 Å². The molecule has 4 bridgehead atoms. The van der Waals surface area contributed by atoms with Crippen LogP contribution in [-0.4, -0.2) is 22.8 Å². The van der Waals surface area contributed by atoms with Gasteiger partial charge in [0, 0.05) is 18.4 Å². The van der Waals surface area contributed by atoms with Crippen LogP contribution in [-0.2, 0) is 14.9 Å². The molecule has 1 aromatic rings. The van der Waals surface area contributed by atoms with Crippen molar-refractivity contribution >= 4 is 5.97 Å². The summed E-state index contributed by atoms with van der Waals surface area (Å²) in [4.78, 5) is 11.3. The molecule has 172 valence electrons. The molecular formula is C28H36O4. The van der Waals surface area contributed by atoms with E-state index in [2.05, 4.69) is 12.7 Å². The molecule has 1 aromatic carbocycles. The molecule has 5 aliphatic carbocycles. The van der Waals surface area contributed by atoms with E-state index in [0.717, 1.165) is 47.3 Å². The van der Waals surface area contributed by atoms with Gasteiger partial charge in [0.1, 0.15) is 18.1 Å². The fraction of sp³-hybridized carbons (Fsp3) is 0.607. The van der Waals surface area contributed by atoms with E-state index >= 15 is 0 Å². The Morgan fingerprint density at radius 3 is 2.12 bits per heavy atom. The molecule has 0 aliphatic heterocycles. The fourth-order valence-corrected chi connectivity index (χ4v) is 7.86. The summed E-state index contributed by atoms with van der Waals surface area (Å²) in [5.41, 5.74) is 3.92. The van der Waals surface area contributed by atoms with Crippen LogP contribution in [0.25, 0.3) is 0 Å². The van der Waals surface area contributed by atoms with Gasteiger partial charge in [0.15, 0.2) is 0 Å². The normalized spacial score (nSPS) is 35.4. The molecule has 2 atom stereocenters. The standard InChI is InChI=1S/C28H36O4/c1-16(2)23-5-4-18(15-32-17(3)29)9-24(23)27-25(30)10-22(11-26(27)31)28-12-19-6-20(13-28)8-21(7-19)14-28/h9-11,19-21,23-24,30-31H,1,4-8,12-15H2,2-3H3/t19?,20?,21?,23-,24+,28?/m1/s1. The van der Waals surface area contributed by atoms with Gasteiger partial charge in [-0.2, -0.15) is 0 Å². The lowest BCUT2D eigenvalue weighted by Crippen LogP contribution is -2.48. The van der Waals surface area contributed by atoms with Gasteiger partial charge >= 0.3 is 5.97 Å². The Morgan fingerprint density at radius 1 is 1.06 bits per heavy atom. The molecular weight excluding hydrogens is 400 g/mol. The van der Waals surface area contributed by atoms with E-state index in [-0.39, 0.29) is 41.3 Å². The van der Waals surface area contributed by atoms with E-state index in [1.807, 2.05) is 19.1 Å². The van der Waals surface area contributed by atoms with Crippen LogP contribution in [0.4, 0.5) is 0 Å². The van der Waals surface area contributed by atoms with Crippen molar-refractivity contribution in [3.05, 3.63) is 47.1 Å². The number of hydrogen-bond donors (Lipinski definition) is 2. The van der Waals surface area contributed by atoms with Crippen LogP contribution < -0.4 is 0 Å². The third-order valence-corrected chi connectivity index (χ3v) is 8.84. The lowest BCUT2D eigenvalue weighted by Gasteiger charge is -2.57. The fourth-order valence-electron chi connectivity index (χ4n) is 7.86. The SMILES string of the molecule is C=C(C)[C@H]1CCC(COC(C)=O)=C[C@@H]1c1c(O)cc(C23CC4CC(CC(C4)C2)C3)cc1O. The number of carbonyl (C=O) groups is 1. The van der Waals surface area contributed by atoms with Crippen molar-refractivity contribution in [3.63, 3.8) is 0 Å². The van der Waals surface area contributed by atoms with E-state index < -0.39 is 0 Å². The molecule has 0 spiro atoms. The average Bonchev–Trinajstić information content (AvgIpc) is 2.70. The van der Waals surface area contributed by atoms with Crippen LogP contribution >= 0.6 is 0 Å². The van der Waals surface area contributed by atoms with Crippen molar-refractivity contribution in [2.45, 2.75) is 76.5 Å². The third-order valence-electron chi connectivity index (χ3n) is 8.84. The maximum atomic E-state index is 11.3. The van der Waals surface area contributed by atoms with Crippen LogP contribution in [0.15, 0.2) is 35.9 Å². The number of carbonyl (C=O) groups excluding carboxylic acids is 1. The Labute approximate surface area is 191 Å². The van der Waals surface area contributed by atoms with Gasteiger partial charge in [0.2, 0.25) is 0 Å². The highest BCUT2D eigenvalue weighted by Crippen LogP contribution is 2.61. The minimum absolute atomic E-state index is 0.124. The van der Waals surface area contributed by atoms with Gasteiger partial charge in [-0.3, -0.25) is 4.79 Å². The maximum absolute atomic E-state index is 11.3. The lowest BCUT2D eigenvalue weighted by atomic mass is 9.48. The second kappa shape index (κ2) is 7.97. The van der Waals surface area contributed by atoms with E-state index in [4.69, 9.17) is 4.74 Å². The molecule has 6 rings (SSSR count). The molecule has 4 nitrogen and oxygen atoms in total. The summed E-state index contributed by atoms with van der Waals surface area (Å²) in [6, 6.07) is 3.90. The first-order valence-corrected chi connectivity index (χ1v) is 12.3. The van der Waals surface area contributed by atoms with E-state index in [9.17, 15) is 15.0 Å². The molecule has 4 heteroatoms. The molecule has 0 unspecified atom stereocenters. The van der Waals surface area contributed by atoms with Crippen molar-refractivity contribution in [2.24, 2.45) is 23.7 Å². The highest BCUT2D eigenvalue weighted by molar-refractivity contribution is 5.66. The molecule has 0 saturated heterocycles. The van der Waals surface area contributed by atoms with E-state index in [1.54, 1.807) is 0 Å². The summed E-state index contributed by atoms with van der Waals surface area (Å²) in [7, 11) is 0. The molecule has 32 heavy (non-hydrogen) atoms. The number of aromatic hydroxyl groups is 2. The summed E-state index contributed by atoms with van der Waals surface area (Å²) in [5, 5.41) is 22.5. The Balaban J connectivity index is 1.50. The third kappa shape index (κ3) is 3.76. The molecule has 4 saturated carbocycles. The number of benzene rings is 1. The summed E-state index contributed by atoms with van der Waals surface area (Å²) in [6.45, 7) is 7.87. The van der Waals surface area contributed by atoms with Crippen molar-refractivity contribution in [1.82, 2.24) is 0 Å². The van der Waals surface area contributed by atoms with Crippen molar-refractivity contribution < 1.29 is 19.7 Å². The summed E-state index contributed by atoms with van der Waals surface area (Å²) in [5.74, 6) is 2.48. The van der Waals surface area contributed by atoms with Gasteiger partial charge in [-0.1, -0.05) is 18.2 Å². The van der Waals surface area contributed by atoms with Gasteiger partial charge < -0.3 is 14.9 Å². The summed E-state index contributed by atoms with van der Waals surface area (Å²) >= 11 is 0. The van der Waals surface area contributed by atoms with Crippen molar-refractivity contribution in [3.8, 4) is 11.5 Å². The van der Waals surface area contributed by atoms with Gasteiger partial charge in [0.05, 0.1) is 0 Å². The number of hydrogen-bond acceptors (Lipinski definition) is 4. The van der Waals surface area contributed by atoms with Crippen molar-refractivity contribution in [1.29, 1.82) is 0 Å². The smallest absolute Gasteiger partial charge is 0.302 e. The molecule has 0 heterocycles. The van der Waals surface area contributed by atoms with E-state index in [0.29, 0.717) is 5.56 Å². The summed E-state index contributed by atoms with van der Waals surface area (Å²) < 4.78 is 5.22. The van der Waals surface area contributed by atoms with Gasteiger partial charge in [-0.25, -0.2) is 0 Å². The lowest BCUT2D eigenvalue weighted by molar-refractivity contribution is -0.140. The zero-order valence-electron chi connectivity index (χ0n) is 19.4. The molecule has 2 N–H and O–H groups in total. The number of phenols is 2. The molecule has 4 fully saturated rings. The van der Waals surface area contributed by atoms with Gasteiger partial charge in [0.25, 0.3) is 0 Å². The van der Waals surface area contributed by atoms with Crippen LogP contribution in [0.2, 0.25) is 0 Å². The van der Waals surface area contributed by atoms with Gasteiger partial charge in [-0.05, 0) is 111 Å². The first-order valence-electron chi connectivity index (χ1n) is 12.3. The van der Waals surface area contributed by atoms with Crippen LogP contribution in [0.1, 0.15) is 82.3 Å². The average molecular weight is 437 g/mol. The highest BCUT2D eigenvalue weighted by atomic mass is 16.5. The molecule has 5 aliphatic rings. The first kappa shape index (κ1) is 21.6. The highest BCUT2D eigenvalue weighted by Gasteiger charge is 2.52. The number of allylic oxidation sites excluding steroid dienone is 2. The Morgan fingerprint density at radius 2 is 1.62 bits per heavy atom. The number of esters is 1. The predicted molar refractivity (Wildman–Crippen MR) is 125 cm³/mol. The predicted octanol–water partition coefficient (Wildman–Crippen LogP) is 6.12. The van der Waals surface area contributed by atoms with Crippen LogP contribution in [0, 0.1) is 23.7 Å². The van der Waals surface area contributed by atoms with E-state index in [1.165, 1.54) is 45.4 Å². The maximum Gasteiger partial charge on any atom is 0.302 e. The Hall–Kier alpha value is -2.23. The zero-order chi connectivity index (χ0) is 22.6. The second-order valence-corrected chi connectivity index (χ2v) is 11.2. The monoisotopic (exact) mass is 436 g/mol. The molecule has 0 aromatic heterocycles. The zero-order valence-corrected chi connectivity index (χ0v) is 19.4. The molecule has 0 radical (unpaired) electrons.